The van der Waals surface area contributed by atoms with Crippen LogP contribution in [0.5, 0.6) is 5.75 Å². The molecule has 150 valence electrons. The van der Waals surface area contributed by atoms with Gasteiger partial charge < -0.3 is 9.64 Å². The number of thiazole rings is 1. The summed E-state index contributed by atoms with van der Waals surface area (Å²) in [5, 5.41) is 0.731. The number of benzene rings is 2. The summed E-state index contributed by atoms with van der Waals surface area (Å²) in [5.74, 6) is 0.792. The summed E-state index contributed by atoms with van der Waals surface area (Å²) in [6, 6.07) is 15.5. The van der Waals surface area contributed by atoms with E-state index in [1.807, 2.05) is 62.6 Å². The van der Waals surface area contributed by atoms with Crippen LogP contribution in [-0.2, 0) is 4.79 Å². The van der Waals surface area contributed by atoms with Gasteiger partial charge in [0.05, 0.1) is 23.2 Å². The zero-order chi connectivity index (χ0) is 19.2. The lowest BCUT2D eigenvalue weighted by atomic mass is 10.3. The second kappa shape index (κ2) is 10.8. The van der Waals surface area contributed by atoms with Gasteiger partial charge in [-0.25, -0.2) is 4.98 Å². The molecule has 0 spiro atoms. The van der Waals surface area contributed by atoms with Crippen LogP contribution in [0.3, 0.4) is 0 Å². The second-order valence-corrected chi connectivity index (χ2v) is 8.29. The van der Waals surface area contributed by atoms with Crippen LogP contribution in [0.1, 0.15) is 6.42 Å². The lowest BCUT2D eigenvalue weighted by molar-refractivity contribution is -0.119. The molecule has 0 aliphatic carbocycles. The molecule has 2 aromatic carbocycles. The van der Waals surface area contributed by atoms with Gasteiger partial charge >= 0.3 is 0 Å². The molecule has 0 bridgehead atoms. The number of halogens is 2. The van der Waals surface area contributed by atoms with Crippen molar-refractivity contribution in [3.63, 3.8) is 0 Å². The maximum Gasteiger partial charge on any atom is 0.232 e. The quantitative estimate of drug-likeness (QED) is 0.459. The van der Waals surface area contributed by atoms with Crippen molar-refractivity contribution in [2.45, 2.75) is 6.42 Å². The molecular formula is C20H23BrClN3O2S. The number of fused-ring (bicyclic) bond motifs is 1. The number of anilines is 1. The van der Waals surface area contributed by atoms with Gasteiger partial charge in [0.15, 0.2) is 5.13 Å². The molecule has 0 saturated carbocycles. The van der Waals surface area contributed by atoms with Gasteiger partial charge in [-0.2, -0.15) is 0 Å². The van der Waals surface area contributed by atoms with E-state index in [4.69, 9.17) is 4.74 Å². The first kappa shape index (κ1) is 22.6. The lowest BCUT2D eigenvalue weighted by Gasteiger charge is -2.22. The summed E-state index contributed by atoms with van der Waals surface area (Å²) < 4.78 is 7.75. The highest BCUT2D eigenvalue weighted by Crippen LogP contribution is 2.31. The molecular weight excluding hydrogens is 462 g/mol. The van der Waals surface area contributed by atoms with Gasteiger partial charge in [0.2, 0.25) is 5.91 Å². The van der Waals surface area contributed by atoms with Crippen molar-refractivity contribution < 1.29 is 9.53 Å². The number of ether oxygens (including phenoxy) is 1. The summed E-state index contributed by atoms with van der Waals surface area (Å²) in [7, 11) is 3.99. The van der Waals surface area contributed by atoms with Gasteiger partial charge in [0.25, 0.3) is 0 Å². The van der Waals surface area contributed by atoms with E-state index in [-0.39, 0.29) is 18.3 Å². The first-order valence-electron chi connectivity index (χ1n) is 8.72. The van der Waals surface area contributed by atoms with Crippen LogP contribution in [0.15, 0.2) is 53.0 Å². The number of rotatable bonds is 8. The second-order valence-electron chi connectivity index (χ2n) is 6.37. The van der Waals surface area contributed by atoms with E-state index in [1.54, 1.807) is 4.90 Å². The first-order chi connectivity index (χ1) is 13.0. The third-order valence-corrected chi connectivity index (χ3v) is 5.50. The molecule has 28 heavy (non-hydrogen) atoms. The smallest absolute Gasteiger partial charge is 0.232 e. The molecule has 0 unspecified atom stereocenters. The predicted octanol–water partition coefficient (Wildman–Crippen LogP) is 4.84. The Hall–Kier alpha value is -1.67. The highest BCUT2D eigenvalue weighted by Gasteiger charge is 2.20. The van der Waals surface area contributed by atoms with Gasteiger partial charge in [0.1, 0.15) is 5.75 Å². The van der Waals surface area contributed by atoms with Crippen LogP contribution in [0.4, 0.5) is 5.13 Å². The van der Waals surface area contributed by atoms with Gasteiger partial charge in [-0.15, -0.1) is 12.4 Å². The number of aromatic nitrogens is 1. The highest BCUT2D eigenvalue weighted by atomic mass is 79.9. The Labute approximate surface area is 183 Å². The molecule has 1 aromatic heterocycles. The predicted molar refractivity (Wildman–Crippen MR) is 122 cm³/mol. The minimum absolute atomic E-state index is 0. The van der Waals surface area contributed by atoms with Crippen molar-refractivity contribution in [3.05, 3.63) is 53.0 Å². The molecule has 0 aliphatic rings. The minimum atomic E-state index is 0. The molecule has 0 atom stereocenters. The largest absolute Gasteiger partial charge is 0.493 e. The fourth-order valence-corrected chi connectivity index (χ4v) is 4.10. The van der Waals surface area contributed by atoms with Gasteiger partial charge in [-0.05, 0) is 44.4 Å². The van der Waals surface area contributed by atoms with Crippen LogP contribution in [0.2, 0.25) is 0 Å². The molecule has 1 heterocycles. The summed E-state index contributed by atoms with van der Waals surface area (Å²) in [6.07, 6.45) is 0.307. The normalized spacial score (nSPS) is 10.7. The molecule has 3 rings (SSSR count). The van der Waals surface area contributed by atoms with Crippen molar-refractivity contribution >= 4 is 60.9 Å². The Morgan fingerprint density at radius 3 is 2.61 bits per heavy atom. The minimum Gasteiger partial charge on any atom is -0.493 e. The SMILES string of the molecule is CN(C)CCN(C(=O)CCOc1ccccc1)c1nc2ccc(Br)cc2s1.Cl. The number of amides is 1. The number of likely N-dealkylation sites (N-methyl/N-ethyl adjacent to an activating group) is 1. The molecule has 5 nitrogen and oxygen atoms in total. The van der Waals surface area contributed by atoms with Gasteiger partial charge in [0, 0.05) is 17.6 Å². The Morgan fingerprint density at radius 1 is 1.14 bits per heavy atom. The zero-order valence-corrected chi connectivity index (χ0v) is 19.0. The van der Waals surface area contributed by atoms with Gasteiger partial charge in [-0.1, -0.05) is 45.5 Å². The van der Waals surface area contributed by atoms with Crippen LogP contribution >= 0.6 is 39.7 Å². The van der Waals surface area contributed by atoms with E-state index in [2.05, 4.69) is 25.8 Å². The van der Waals surface area contributed by atoms with Crippen LogP contribution in [0, 0.1) is 0 Å². The molecule has 0 fully saturated rings. The van der Waals surface area contributed by atoms with Crippen molar-refractivity contribution in [3.8, 4) is 5.75 Å². The van der Waals surface area contributed by atoms with E-state index in [1.165, 1.54) is 11.3 Å². The van der Waals surface area contributed by atoms with E-state index in [0.29, 0.717) is 19.6 Å². The summed E-state index contributed by atoms with van der Waals surface area (Å²) >= 11 is 5.02. The maximum absolute atomic E-state index is 12.9. The topological polar surface area (TPSA) is 45.7 Å². The number of carbonyl (C=O) groups is 1. The third-order valence-electron chi connectivity index (χ3n) is 3.97. The van der Waals surface area contributed by atoms with Crippen molar-refractivity contribution in [1.82, 2.24) is 9.88 Å². The molecule has 3 aromatic rings. The molecule has 0 aliphatic heterocycles. The Bertz CT molecular complexity index is 905. The first-order valence-corrected chi connectivity index (χ1v) is 10.3. The number of carbonyl (C=O) groups excluding carboxylic acids is 1. The average Bonchev–Trinajstić information content (AvgIpc) is 3.05. The van der Waals surface area contributed by atoms with Crippen LogP contribution in [-0.4, -0.2) is 49.6 Å². The van der Waals surface area contributed by atoms with E-state index in [9.17, 15) is 4.79 Å². The summed E-state index contributed by atoms with van der Waals surface area (Å²) in [5.41, 5.74) is 0.904. The van der Waals surface area contributed by atoms with Crippen molar-refractivity contribution in [2.75, 3.05) is 38.7 Å². The molecule has 8 heteroatoms. The highest BCUT2D eigenvalue weighted by molar-refractivity contribution is 9.10. The average molecular weight is 485 g/mol. The Morgan fingerprint density at radius 2 is 1.89 bits per heavy atom. The molecule has 0 radical (unpaired) electrons. The van der Waals surface area contributed by atoms with Gasteiger partial charge in [-0.3, -0.25) is 9.69 Å². The standard InChI is InChI=1S/C20H22BrN3O2S.ClH/c1-23(2)11-12-24(19(25)10-13-26-16-6-4-3-5-7-16)20-22-17-9-8-15(21)14-18(17)27-20;/h3-9,14H,10-13H2,1-2H3;1H. The molecule has 0 saturated heterocycles. The van der Waals surface area contributed by atoms with Crippen molar-refractivity contribution in [1.29, 1.82) is 0 Å². The monoisotopic (exact) mass is 483 g/mol. The summed E-state index contributed by atoms with van der Waals surface area (Å²) in [6.45, 7) is 1.71. The number of nitrogens with zero attached hydrogens (tertiary/aromatic N) is 3. The lowest BCUT2D eigenvalue weighted by Crippen LogP contribution is -2.37. The number of para-hydroxylation sites is 1. The van der Waals surface area contributed by atoms with E-state index < -0.39 is 0 Å². The Kier molecular flexibility index (Phi) is 8.69. The number of hydrogen-bond acceptors (Lipinski definition) is 5. The fourth-order valence-electron chi connectivity index (χ4n) is 2.54. The maximum atomic E-state index is 12.9. The van der Waals surface area contributed by atoms with Crippen molar-refractivity contribution in [2.24, 2.45) is 0 Å². The van der Waals surface area contributed by atoms with E-state index in [0.717, 1.165) is 32.1 Å². The summed E-state index contributed by atoms with van der Waals surface area (Å²) in [4.78, 5) is 21.4. The molecule has 1 amide bonds. The van der Waals surface area contributed by atoms with Crippen LogP contribution in [0.25, 0.3) is 10.2 Å². The number of hydrogen-bond donors (Lipinski definition) is 0. The molecule has 0 N–H and O–H groups in total. The Balaban J connectivity index is 0.00000280. The fraction of sp³-hybridized carbons (Fsp3) is 0.300. The van der Waals surface area contributed by atoms with E-state index >= 15 is 0 Å². The van der Waals surface area contributed by atoms with Crippen LogP contribution < -0.4 is 9.64 Å². The zero-order valence-electron chi connectivity index (χ0n) is 15.8. The third kappa shape index (κ3) is 6.17.